The maximum absolute atomic E-state index is 4.73. The summed E-state index contributed by atoms with van der Waals surface area (Å²) in [5.41, 5.74) is 3.64. The lowest BCUT2D eigenvalue weighted by Gasteiger charge is -2.22. The number of aromatic nitrogens is 4. The molecule has 0 saturated carbocycles. The highest BCUT2D eigenvalue weighted by Crippen LogP contribution is 2.28. The molecule has 1 fully saturated rings. The zero-order valence-corrected chi connectivity index (χ0v) is 13.6. The molecular weight excluding hydrogens is 342 g/mol. The van der Waals surface area contributed by atoms with Crippen LogP contribution in [0.25, 0.3) is 22.3 Å². The van der Waals surface area contributed by atoms with Crippen LogP contribution in [0.3, 0.4) is 0 Å². The molecule has 3 aromatic rings. The van der Waals surface area contributed by atoms with E-state index in [1.54, 1.807) is 0 Å². The summed E-state index contributed by atoms with van der Waals surface area (Å²) in [6.45, 7) is 2.11. The predicted octanol–water partition coefficient (Wildman–Crippen LogP) is 3.18. The fourth-order valence-corrected chi connectivity index (χ4v) is 3.40. The molecule has 0 atom stereocenters. The number of hydrogen-bond donors (Lipinski definition) is 1. The quantitative estimate of drug-likeness (QED) is 0.765. The first-order chi connectivity index (χ1) is 10.8. The van der Waals surface area contributed by atoms with Crippen molar-refractivity contribution in [1.29, 1.82) is 0 Å². The molecule has 1 aliphatic heterocycles. The van der Waals surface area contributed by atoms with Gasteiger partial charge in [-0.05, 0) is 54.0 Å². The van der Waals surface area contributed by atoms with Crippen molar-refractivity contribution in [3.05, 3.63) is 41.3 Å². The van der Waals surface area contributed by atoms with Crippen molar-refractivity contribution in [3.8, 4) is 11.3 Å². The molecule has 0 spiro atoms. The number of para-hydroxylation sites is 2. The highest BCUT2D eigenvalue weighted by molar-refractivity contribution is 9.10. The monoisotopic (exact) mass is 357 g/mol. The Kier molecular flexibility index (Phi) is 3.63. The minimum Gasteiger partial charge on any atom is -0.317 e. The number of fused-ring (bicyclic) bond motifs is 1. The van der Waals surface area contributed by atoms with E-state index in [1.807, 2.05) is 30.5 Å². The second kappa shape index (κ2) is 5.78. The number of halogens is 1. The Labute approximate surface area is 136 Å². The van der Waals surface area contributed by atoms with E-state index in [0.29, 0.717) is 6.04 Å². The summed E-state index contributed by atoms with van der Waals surface area (Å²) in [6.07, 6.45) is 6.20. The van der Waals surface area contributed by atoms with Gasteiger partial charge in [0.05, 0.1) is 23.3 Å². The number of piperidine rings is 1. The van der Waals surface area contributed by atoms with Crippen LogP contribution in [-0.2, 0) is 0 Å². The molecule has 0 bridgehead atoms. The Morgan fingerprint density at radius 1 is 1.09 bits per heavy atom. The summed E-state index contributed by atoms with van der Waals surface area (Å²) in [4.78, 5) is 9.31. The van der Waals surface area contributed by atoms with Crippen molar-refractivity contribution in [2.75, 3.05) is 13.1 Å². The van der Waals surface area contributed by atoms with Gasteiger partial charge in [0.1, 0.15) is 10.3 Å². The van der Waals surface area contributed by atoms with E-state index in [0.717, 1.165) is 52.8 Å². The van der Waals surface area contributed by atoms with Gasteiger partial charge in [0, 0.05) is 11.8 Å². The van der Waals surface area contributed by atoms with Crippen LogP contribution < -0.4 is 5.32 Å². The molecule has 1 saturated heterocycles. The lowest BCUT2D eigenvalue weighted by molar-refractivity contribution is 0.343. The van der Waals surface area contributed by atoms with Gasteiger partial charge in [-0.15, -0.1) is 0 Å². The number of nitrogens with one attached hydrogen (secondary N) is 1. The first-order valence-corrected chi connectivity index (χ1v) is 8.28. The van der Waals surface area contributed by atoms with Crippen molar-refractivity contribution in [2.24, 2.45) is 0 Å². The maximum Gasteiger partial charge on any atom is 0.133 e. The minimum atomic E-state index is 0.474. The molecule has 4 rings (SSSR count). The smallest absolute Gasteiger partial charge is 0.133 e. The molecule has 1 aliphatic rings. The van der Waals surface area contributed by atoms with Gasteiger partial charge < -0.3 is 5.32 Å². The van der Waals surface area contributed by atoms with E-state index in [4.69, 9.17) is 4.98 Å². The summed E-state index contributed by atoms with van der Waals surface area (Å²) in [5.74, 6) is 0. The third-order valence-electron chi connectivity index (χ3n) is 4.09. The van der Waals surface area contributed by atoms with Crippen LogP contribution >= 0.6 is 15.9 Å². The molecule has 0 amide bonds. The van der Waals surface area contributed by atoms with Crippen molar-refractivity contribution >= 4 is 27.0 Å². The van der Waals surface area contributed by atoms with Gasteiger partial charge in [-0.1, -0.05) is 12.1 Å². The zero-order valence-electron chi connectivity index (χ0n) is 12.0. The molecule has 0 unspecified atom stereocenters. The Bertz CT molecular complexity index is 807. The summed E-state index contributed by atoms with van der Waals surface area (Å²) in [6, 6.07) is 8.37. The second-order valence-corrected chi connectivity index (χ2v) is 6.29. The van der Waals surface area contributed by atoms with Gasteiger partial charge in [-0.3, -0.25) is 4.68 Å². The Balaban J connectivity index is 1.72. The van der Waals surface area contributed by atoms with Crippen molar-refractivity contribution in [1.82, 2.24) is 25.1 Å². The molecule has 5 nitrogen and oxygen atoms in total. The van der Waals surface area contributed by atoms with Gasteiger partial charge in [-0.2, -0.15) is 5.10 Å². The fraction of sp³-hybridized carbons (Fsp3) is 0.312. The Morgan fingerprint density at radius 2 is 1.82 bits per heavy atom. The van der Waals surface area contributed by atoms with Crippen LogP contribution in [0.5, 0.6) is 0 Å². The lowest BCUT2D eigenvalue weighted by Crippen LogP contribution is -2.29. The minimum absolute atomic E-state index is 0.474. The van der Waals surface area contributed by atoms with Crippen molar-refractivity contribution < 1.29 is 0 Å². The van der Waals surface area contributed by atoms with E-state index in [2.05, 4.69) is 42.2 Å². The van der Waals surface area contributed by atoms with Gasteiger partial charge >= 0.3 is 0 Å². The van der Waals surface area contributed by atoms with Crippen LogP contribution in [0.1, 0.15) is 18.9 Å². The number of rotatable bonds is 2. The number of nitrogens with zero attached hydrogens (tertiary/aromatic N) is 4. The number of hydrogen-bond acceptors (Lipinski definition) is 4. The van der Waals surface area contributed by atoms with Gasteiger partial charge in [0.2, 0.25) is 0 Å². The fourth-order valence-electron chi connectivity index (χ4n) is 2.89. The van der Waals surface area contributed by atoms with Gasteiger partial charge in [0.25, 0.3) is 0 Å². The lowest BCUT2D eigenvalue weighted by atomic mass is 10.1. The van der Waals surface area contributed by atoms with Crippen LogP contribution in [0, 0.1) is 0 Å². The molecule has 6 heteroatoms. The molecule has 3 heterocycles. The average molecular weight is 358 g/mol. The van der Waals surface area contributed by atoms with E-state index in [9.17, 15) is 0 Å². The van der Waals surface area contributed by atoms with E-state index < -0.39 is 0 Å². The topological polar surface area (TPSA) is 55.6 Å². The third-order valence-corrected chi connectivity index (χ3v) is 4.64. The van der Waals surface area contributed by atoms with Crippen LogP contribution in [0.2, 0.25) is 0 Å². The summed E-state index contributed by atoms with van der Waals surface area (Å²) < 4.78 is 2.83. The van der Waals surface area contributed by atoms with Gasteiger partial charge in [0.15, 0.2) is 0 Å². The summed E-state index contributed by atoms with van der Waals surface area (Å²) in [7, 11) is 0. The molecule has 22 heavy (non-hydrogen) atoms. The predicted molar refractivity (Wildman–Crippen MR) is 89.6 cm³/mol. The molecule has 112 valence electrons. The van der Waals surface area contributed by atoms with E-state index in [-0.39, 0.29) is 0 Å². The Morgan fingerprint density at radius 3 is 2.59 bits per heavy atom. The standard InChI is InChI=1S/C16H16BrN5/c17-16-15(20-13-3-1-2-4-14(13)21-16)11-9-19-22(10-11)12-5-7-18-8-6-12/h1-4,9-10,12,18H,5-8H2. The first-order valence-electron chi connectivity index (χ1n) is 7.49. The zero-order chi connectivity index (χ0) is 14.9. The van der Waals surface area contributed by atoms with Crippen LogP contribution in [-0.4, -0.2) is 32.8 Å². The third kappa shape index (κ3) is 2.53. The summed E-state index contributed by atoms with van der Waals surface area (Å²) >= 11 is 3.54. The number of benzene rings is 1. The molecule has 1 N–H and O–H groups in total. The summed E-state index contributed by atoms with van der Waals surface area (Å²) in [5, 5.41) is 7.92. The normalized spacial score (nSPS) is 16.2. The van der Waals surface area contributed by atoms with Crippen molar-refractivity contribution in [3.63, 3.8) is 0 Å². The molecular formula is C16H16BrN5. The highest BCUT2D eigenvalue weighted by Gasteiger charge is 2.17. The maximum atomic E-state index is 4.73. The van der Waals surface area contributed by atoms with E-state index in [1.165, 1.54) is 0 Å². The average Bonchev–Trinajstić information content (AvgIpc) is 3.05. The van der Waals surface area contributed by atoms with Crippen LogP contribution in [0.4, 0.5) is 0 Å². The Hall–Kier alpha value is -1.79. The van der Waals surface area contributed by atoms with Crippen molar-refractivity contribution in [2.45, 2.75) is 18.9 Å². The second-order valence-electron chi connectivity index (χ2n) is 5.54. The first kappa shape index (κ1) is 13.8. The SMILES string of the molecule is Brc1nc2ccccc2nc1-c1cnn(C2CCNCC2)c1. The van der Waals surface area contributed by atoms with Crippen LogP contribution in [0.15, 0.2) is 41.3 Å². The van der Waals surface area contributed by atoms with Gasteiger partial charge in [-0.25, -0.2) is 9.97 Å². The molecule has 0 aliphatic carbocycles. The van der Waals surface area contributed by atoms with E-state index >= 15 is 0 Å². The molecule has 2 aromatic heterocycles. The molecule has 0 radical (unpaired) electrons. The highest BCUT2D eigenvalue weighted by atomic mass is 79.9. The largest absolute Gasteiger partial charge is 0.317 e. The molecule has 1 aromatic carbocycles.